The lowest BCUT2D eigenvalue weighted by molar-refractivity contribution is -0.155. The molecule has 2 atom stereocenters. The summed E-state index contributed by atoms with van der Waals surface area (Å²) in [5.41, 5.74) is 3.90. The molecule has 0 aliphatic carbocycles. The first-order valence-corrected chi connectivity index (χ1v) is 14.4. The maximum absolute atomic E-state index is 14.1. The Balaban J connectivity index is 1.47. The number of rotatable bonds is 12. The van der Waals surface area contributed by atoms with E-state index in [9.17, 15) is 18.4 Å². The van der Waals surface area contributed by atoms with Crippen molar-refractivity contribution in [3.05, 3.63) is 89.0 Å². The van der Waals surface area contributed by atoms with E-state index >= 15 is 0 Å². The molecule has 4 aromatic rings. The lowest BCUT2D eigenvalue weighted by Crippen LogP contribution is -2.24. The van der Waals surface area contributed by atoms with Crippen LogP contribution in [0.4, 0.5) is 8.78 Å². The molecule has 1 amide bonds. The van der Waals surface area contributed by atoms with Gasteiger partial charge in [0, 0.05) is 69.5 Å². The molecule has 0 saturated carbocycles. The topological polar surface area (TPSA) is 121 Å². The first kappa shape index (κ1) is 31.8. The van der Waals surface area contributed by atoms with Crippen LogP contribution >= 0.6 is 0 Å². The molecule has 1 N–H and O–H groups in total. The Hall–Kier alpha value is -4.59. The predicted octanol–water partition coefficient (Wildman–Crippen LogP) is 4.04. The van der Waals surface area contributed by atoms with Gasteiger partial charge in [-0.3, -0.25) is 14.4 Å². The average molecular weight is 621 g/mol. The zero-order valence-electron chi connectivity index (χ0n) is 25.4. The quantitative estimate of drug-likeness (QED) is 0.234. The summed E-state index contributed by atoms with van der Waals surface area (Å²) in [6, 6.07) is 12.1. The van der Waals surface area contributed by atoms with Crippen molar-refractivity contribution in [3.8, 4) is 22.8 Å². The molecule has 4 heterocycles. The van der Waals surface area contributed by atoms with Gasteiger partial charge < -0.3 is 14.8 Å². The number of aromatic nitrogens is 4. The Morgan fingerprint density at radius 1 is 1.11 bits per heavy atom. The van der Waals surface area contributed by atoms with Gasteiger partial charge in [-0.2, -0.15) is 14.6 Å². The molecule has 1 aliphatic rings. The Morgan fingerprint density at radius 2 is 1.89 bits per heavy atom. The van der Waals surface area contributed by atoms with Crippen molar-refractivity contribution in [1.82, 2.24) is 30.1 Å². The number of ether oxygens (including phenoxy) is 2. The lowest BCUT2D eigenvalue weighted by atomic mass is 9.91. The highest BCUT2D eigenvalue weighted by molar-refractivity contribution is 5.97. The number of hydrogen-bond donors (Lipinski definition) is 1. The van der Waals surface area contributed by atoms with Gasteiger partial charge in [0.25, 0.3) is 5.91 Å². The van der Waals surface area contributed by atoms with Gasteiger partial charge in [-0.05, 0) is 36.8 Å². The number of methoxy groups -OCH3 is 2. The van der Waals surface area contributed by atoms with Gasteiger partial charge in [0.05, 0.1) is 30.8 Å². The second-order valence-corrected chi connectivity index (χ2v) is 10.7. The number of nitrogens with one attached hydrogen (secondary N) is 1. The molecule has 1 saturated heterocycles. The van der Waals surface area contributed by atoms with E-state index < -0.39 is 17.9 Å². The summed E-state index contributed by atoms with van der Waals surface area (Å²) in [6.07, 6.45) is 2.26. The number of Topliss-reactive ketones (excluding diaryl/α,β-unsaturated/α-hetero) is 1. The fraction of sp³-hybridized carbons (Fsp3) is 0.344. The Bertz CT molecular complexity index is 1680. The number of hydroxylamine groups is 2. The van der Waals surface area contributed by atoms with E-state index in [0.717, 1.165) is 17.3 Å². The van der Waals surface area contributed by atoms with E-state index in [1.165, 1.54) is 20.4 Å². The number of para-hydroxylation sites is 1. The van der Waals surface area contributed by atoms with E-state index in [1.807, 2.05) is 37.3 Å². The number of carbonyl (C=O) groups is 2. The molecule has 3 aromatic heterocycles. The van der Waals surface area contributed by atoms with Crippen LogP contribution < -0.4 is 10.1 Å². The average Bonchev–Trinajstić information content (AvgIpc) is 3.60. The second kappa shape index (κ2) is 14.0. The van der Waals surface area contributed by atoms with Crippen LogP contribution in [0.5, 0.6) is 5.88 Å². The standard InChI is InChI=1S/C32H34F2N6O5/c1-19-27(15-24(41)12-22-18-39(10-11-43-3)45-29(22)21-14-26(33)30(34)36-17-21)40(23-8-6-5-7-9-23)38-28(19)20-13-25(31(42)35-2)32(44-4)37-16-20/h5-9,13-14,16-17,22,29H,10-12,15,18H2,1-4H3,(H,35,42)/t22-,29+/m1/s1. The lowest BCUT2D eigenvalue weighted by Gasteiger charge is -2.17. The number of pyridine rings is 2. The van der Waals surface area contributed by atoms with Crippen molar-refractivity contribution >= 4 is 11.7 Å². The first-order chi connectivity index (χ1) is 21.7. The third-order valence-electron chi connectivity index (χ3n) is 7.71. The summed E-state index contributed by atoms with van der Waals surface area (Å²) in [7, 11) is 4.53. The minimum atomic E-state index is -1.20. The van der Waals surface area contributed by atoms with Crippen LogP contribution in [0.25, 0.3) is 16.9 Å². The van der Waals surface area contributed by atoms with Gasteiger partial charge in [-0.15, -0.1) is 0 Å². The molecule has 0 radical (unpaired) electrons. The molecule has 13 heteroatoms. The molecule has 5 rings (SSSR count). The molecule has 1 fully saturated rings. The largest absolute Gasteiger partial charge is 0.480 e. The zero-order chi connectivity index (χ0) is 32.1. The number of carbonyl (C=O) groups excluding carboxylic acids is 2. The fourth-order valence-electron chi connectivity index (χ4n) is 5.47. The summed E-state index contributed by atoms with van der Waals surface area (Å²) >= 11 is 0. The van der Waals surface area contributed by atoms with Crippen LogP contribution in [-0.4, -0.2) is 77.5 Å². The number of nitrogens with zero attached hydrogens (tertiary/aromatic N) is 5. The highest BCUT2D eigenvalue weighted by Gasteiger charge is 2.37. The number of amides is 1. The van der Waals surface area contributed by atoms with E-state index in [0.29, 0.717) is 42.2 Å². The van der Waals surface area contributed by atoms with Gasteiger partial charge in [0.1, 0.15) is 17.5 Å². The fourth-order valence-corrected chi connectivity index (χ4v) is 5.47. The van der Waals surface area contributed by atoms with Crippen LogP contribution in [0.15, 0.2) is 54.9 Å². The number of ketones is 1. The maximum atomic E-state index is 14.1. The highest BCUT2D eigenvalue weighted by Crippen LogP contribution is 2.37. The molecule has 45 heavy (non-hydrogen) atoms. The highest BCUT2D eigenvalue weighted by atomic mass is 19.2. The molecular weight excluding hydrogens is 586 g/mol. The van der Waals surface area contributed by atoms with Crippen LogP contribution in [0.3, 0.4) is 0 Å². The molecule has 1 aliphatic heterocycles. The van der Waals surface area contributed by atoms with Crippen molar-refractivity contribution < 1.29 is 32.7 Å². The van der Waals surface area contributed by atoms with Crippen LogP contribution in [0.2, 0.25) is 0 Å². The number of hydrogen-bond acceptors (Lipinski definition) is 9. The number of halogens is 2. The minimum Gasteiger partial charge on any atom is -0.480 e. The molecule has 1 aromatic carbocycles. The normalized spacial score (nSPS) is 16.6. The third kappa shape index (κ3) is 6.90. The van der Waals surface area contributed by atoms with E-state index in [2.05, 4.69) is 15.3 Å². The molecule has 236 valence electrons. The van der Waals surface area contributed by atoms with Crippen molar-refractivity contribution in [3.63, 3.8) is 0 Å². The van der Waals surface area contributed by atoms with E-state index in [-0.39, 0.29) is 41.9 Å². The second-order valence-electron chi connectivity index (χ2n) is 10.7. The van der Waals surface area contributed by atoms with Gasteiger partial charge in [0.2, 0.25) is 11.8 Å². The molecular formula is C32H34F2N6O5. The van der Waals surface area contributed by atoms with E-state index in [4.69, 9.17) is 19.4 Å². The van der Waals surface area contributed by atoms with Crippen LogP contribution in [-0.2, 0) is 20.8 Å². The molecule has 0 bridgehead atoms. The van der Waals surface area contributed by atoms with Gasteiger partial charge in [-0.25, -0.2) is 19.0 Å². The van der Waals surface area contributed by atoms with Crippen molar-refractivity contribution in [1.29, 1.82) is 0 Å². The van der Waals surface area contributed by atoms with Crippen molar-refractivity contribution in [2.45, 2.75) is 25.9 Å². The van der Waals surface area contributed by atoms with Crippen molar-refractivity contribution in [2.24, 2.45) is 5.92 Å². The minimum absolute atomic E-state index is 0.0386. The van der Waals surface area contributed by atoms with Gasteiger partial charge >= 0.3 is 0 Å². The van der Waals surface area contributed by atoms with Crippen molar-refractivity contribution in [2.75, 3.05) is 41.0 Å². The Morgan fingerprint density at radius 3 is 2.58 bits per heavy atom. The summed E-state index contributed by atoms with van der Waals surface area (Å²) in [6.45, 7) is 3.09. The smallest absolute Gasteiger partial charge is 0.256 e. The summed E-state index contributed by atoms with van der Waals surface area (Å²) in [5, 5.41) is 9.13. The first-order valence-electron chi connectivity index (χ1n) is 14.4. The van der Waals surface area contributed by atoms with Gasteiger partial charge in [0.15, 0.2) is 5.82 Å². The third-order valence-corrected chi connectivity index (χ3v) is 7.71. The molecule has 0 unspecified atom stereocenters. The van der Waals surface area contributed by atoms with Crippen LogP contribution in [0, 0.1) is 24.6 Å². The van der Waals surface area contributed by atoms with E-state index in [1.54, 1.807) is 29.1 Å². The predicted molar refractivity (Wildman–Crippen MR) is 160 cm³/mol. The molecule has 11 nitrogen and oxygen atoms in total. The zero-order valence-corrected chi connectivity index (χ0v) is 25.4. The SMILES string of the molecule is CNC(=O)c1cc(-c2nn(-c3ccccc3)c(CC(=O)C[C@@H]3CN(CCOC)O[C@H]3c3cnc(F)c(F)c3)c2C)cnc1OC. The van der Waals surface area contributed by atoms with Crippen LogP contribution in [0.1, 0.15) is 39.7 Å². The summed E-state index contributed by atoms with van der Waals surface area (Å²) in [4.78, 5) is 40.2. The van der Waals surface area contributed by atoms with Gasteiger partial charge in [-0.1, -0.05) is 18.2 Å². The summed E-state index contributed by atoms with van der Waals surface area (Å²) in [5.74, 6) is -2.91. The maximum Gasteiger partial charge on any atom is 0.256 e. The molecule has 0 spiro atoms. The summed E-state index contributed by atoms with van der Waals surface area (Å²) < 4.78 is 39.9. The monoisotopic (exact) mass is 620 g/mol. The Labute approximate surface area is 259 Å². The number of benzene rings is 1. The Kier molecular flexibility index (Phi) is 9.91.